The van der Waals surface area contributed by atoms with E-state index in [4.69, 9.17) is 14.4 Å². The zero-order valence-corrected chi connectivity index (χ0v) is 8.78. The smallest absolute Gasteiger partial charge is 0.341 e. The molecule has 6 heteroatoms. The highest BCUT2D eigenvalue weighted by Crippen LogP contribution is 2.20. The van der Waals surface area contributed by atoms with Crippen LogP contribution in [0.3, 0.4) is 0 Å². The molecule has 5 nitrogen and oxygen atoms in total. The van der Waals surface area contributed by atoms with Crippen LogP contribution in [0.15, 0.2) is 23.1 Å². The predicted octanol–water partition coefficient (Wildman–Crippen LogP) is 1.04. The molecule has 0 heterocycles. The third kappa shape index (κ3) is 3.34. The highest BCUT2D eigenvalue weighted by molar-refractivity contribution is 7.79. The molecule has 0 bridgehead atoms. The molecule has 1 aromatic rings. The number of benzene rings is 1. The van der Waals surface area contributed by atoms with Gasteiger partial charge in [-0.15, -0.1) is 0 Å². The van der Waals surface area contributed by atoms with Crippen LogP contribution in [0.4, 0.5) is 0 Å². The molecule has 0 aliphatic rings. The quantitative estimate of drug-likeness (QED) is 0.755. The second-order valence-electron chi connectivity index (χ2n) is 2.86. The lowest BCUT2D eigenvalue weighted by Crippen LogP contribution is -2.10. The minimum Gasteiger partial charge on any atom is -0.482 e. The number of carbonyl (C=O) groups is 1. The van der Waals surface area contributed by atoms with E-state index >= 15 is 0 Å². The molecule has 0 saturated heterocycles. The topological polar surface area (TPSA) is 83.8 Å². The minimum absolute atomic E-state index is 0.259. The second-order valence-corrected chi connectivity index (χ2v) is 3.83. The fourth-order valence-corrected chi connectivity index (χ4v) is 1.49. The Balaban J connectivity index is 2.83. The fourth-order valence-electron chi connectivity index (χ4n) is 1.03. The Morgan fingerprint density at radius 1 is 1.53 bits per heavy atom. The first kappa shape index (κ1) is 11.7. The third-order valence-electron chi connectivity index (χ3n) is 1.70. The number of hydrogen-bond acceptors (Lipinski definition) is 3. The van der Waals surface area contributed by atoms with Crippen molar-refractivity contribution in [3.63, 3.8) is 0 Å². The van der Waals surface area contributed by atoms with Crippen LogP contribution in [0, 0.1) is 6.92 Å². The summed E-state index contributed by atoms with van der Waals surface area (Å²) in [6.07, 6.45) is 0. The van der Waals surface area contributed by atoms with Crippen LogP contribution in [-0.2, 0) is 15.9 Å². The van der Waals surface area contributed by atoms with E-state index in [-0.39, 0.29) is 4.90 Å². The molecule has 0 aliphatic carbocycles. The van der Waals surface area contributed by atoms with Gasteiger partial charge in [0.25, 0.3) is 0 Å². The van der Waals surface area contributed by atoms with Crippen LogP contribution >= 0.6 is 0 Å². The Kier molecular flexibility index (Phi) is 3.81. The molecule has 1 aromatic carbocycles. The van der Waals surface area contributed by atoms with Crippen molar-refractivity contribution < 1.29 is 23.4 Å². The Morgan fingerprint density at radius 3 is 2.67 bits per heavy atom. The number of aliphatic carboxylic acids is 1. The standard InChI is InChI=1S/C9H10O5S/c1-6-4-7(15(12)13)2-3-8(6)14-5-9(10)11/h2-4H,5H2,1H3,(H,10,11)(H,12,13). The summed E-state index contributed by atoms with van der Waals surface area (Å²) in [4.78, 5) is 10.5. The average Bonchev–Trinajstić information content (AvgIpc) is 2.15. The highest BCUT2D eigenvalue weighted by atomic mass is 32.2. The molecule has 82 valence electrons. The van der Waals surface area contributed by atoms with Gasteiger partial charge in [0, 0.05) is 0 Å². The van der Waals surface area contributed by atoms with Gasteiger partial charge in [-0.05, 0) is 30.7 Å². The first-order valence-electron chi connectivity index (χ1n) is 4.07. The summed E-state index contributed by atoms with van der Waals surface area (Å²) in [5.74, 6) is -0.671. The van der Waals surface area contributed by atoms with Gasteiger partial charge in [-0.3, -0.25) is 0 Å². The maximum Gasteiger partial charge on any atom is 0.341 e. The van der Waals surface area contributed by atoms with E-state index < -0.39 is 23.7 Å². The molecule has 0 fully saturated rings. The average molecular weight is 230 g/mol. The Hall–Kier alpha value is -1.40. The lowest BCUT2D eigenvalue weighted by atomic mass is 10.2. The highest BCUT2D eigenvalue weighted by Gasteiger charge is 2.06. The van der Waals surface area contributed by atoms with Crippen LogP contribution in [0.25, 0.3) is 0 Å². The monoisotopic (exact) mass is 230 g/mol. The number of aryl methyl sites for hydroxylation is 1. The molecule has 0 aromatic heterocycles. The Bertz CT molecular complexity index is 401. The van der Waals surface area contributed by atoms with Crippen molar-refractivity contribution in [2.75, 3.05) is 6.61 Å². The van der Waals surface area contributed by atoms with E-state index in [1.807, 2.05) is 0 Å². The summed E-state index contributed by atoms with van der Waals surface area (Å²) in [6.45, 7) is 1.25. The third-order valence-corrected chi connectivity index (χ3v) is 2.36. The van der Waals surface area contributed by atoms with Crippen LogP contribution in [0.5, 0.6) is 5.75 Å². The van der Waals surface area contributed by atoms with Crippen LogP contribution in [0.2, 0.25) is 0 Å². The largest absolute Gasteiger partial charge is 0.482 e. The van der Waals surface area contributed by atoms with Gasteiger partial charge >= 0.3 is 5.97 Å². The summed E-state index contributed by atoms with van der Waals surface area (Å²) in [6, 6.07) is 4.37. The van der Waals surface area contributed by atoms with Crippen molar-refractivity contribution in [2.45, 2.75) is 11.8 Å². The van der Waals surface area contributed by atoms with Gasteiger partial charge in [-0.2, -0.15) is 0 Å². The van der Waals surface area contributed by atoms with E-state index in [2.05, 4.69) is 0 Å². The molecule has 0 amide bonds. The zero-order valence-electron chi connectivity index (χ0n) is 7.97. The van der Waals surface area contributed by atoms with Crippen molar-refractivity contribution in [1.82, 2.24) is 0 Å². The molecule has 15 heavy (non-hydrogen) atoms. The molecular formula is C9H10O5S. The zero-order chi connectivity index (χ0) is 11.4. The molecule has 1 unspecified atom stereocenters. The predicted molar refractivity (Wildman–Crippen MR) is 53.3 cm³/mol. The number of carboxylic acid groups (broad SMARTS) is 1. The lowest BCUT2D eigenvalue weighted by molar-refractivity contribution is -0.139. The normalized spacial score (nSPS) is 12.1. The first-order valence-corrected chi connectivity index (χ1v) is 5.17. The summed E-state index contributed by atoms with van der Waals surface area (Å²) < 4.78 is 24.5. The SMILES string of the molecule is Cc1cc(S(=O)O)ccc1OCC(=O)O. The molecule has 0 radical (unpaired) electrons. The molecule has 0 saturated carbocycles. The molecule has 1 rings (SSSR count). The van der Waals surface area contributed by atoms with E-state index in [9.17, 15) is 9.00 Å². The molecule has 0 spiro atoms. The van der Waals surface area contributed by atoms with Gasteiger partial charge in [0.2, 0.25) is 0 Å². The molecule has 1 atom stereocenters. The molecule has 2 N–H and O–H groups in total. The van der Waals surface area contributed by atoms with Gasteiger partial charge in [0.1, 0.15) is 5.75 Å². The van der Waals surface area contributed by atoms with Gasteiger partial charge in [-0.1, -0.05) is 0 Å². The van der Waals surface area contributed by atoms with Gasteiger partial charge < -0.3 is 14.4 Å². The summed E-state index contributed by atoms with van der Waals surface area (Å²) in [5.41, 5.74) is 0.621. The fraction of sp³-hybridized carbons (Fsp3) is 0.222. The molecule has 0 aliphatic heterocycles. The van der Waals surface area contributed by atoms with E-state index in [0.29, 0.717) is 11.3 Å². The Morgan fingerprint density at radius 2 is 2.20 bits per heavy atom. The number of carboxylic acids is 1. The van der Waals surface area contributed by atoms with Crippen molar-refractivity contribution in [3.05, 3.63) is 23.8 Å². The summed E-state index contributed by atoms with van der Waals surface area (Å²) in [5, 5.41) is 8.39. The van der Waals surface area contributed by atoms with Crippen molar-refractivity contribution in [2.24, 2.45) is 0 Å². The van der Waals surface area contributed by atoms with Crippen molar-refractivity contribution >= 4 is 17.0 Å². The van der Waals surface area contributed by atoms with E-state index in [1.165, 1.54) is 18.2 Å². The number of rotatable bonds is 4. The van der Waals surface area contributed by atoms with Gasteiger partial charge in [0.05, 0.1) is 4.90 Å². The van der Waals surface area contributed by atoms with Crippen LogP contribution < -0.4 is 4.74 Å². The Labute approximate surface area is 89.0 Å². The maximum absolute atomic E-state index is 10.7. The first-order chi connectivity index (χ1) is 7.00. The van der Waals surface area contributed by atoms with Crippen LogP contribution in [0.1, 0.15) is 5.56 Å². The van der Waals surface area contributed by atoms with Crippen molar-refractivity contribution in [3.8, 4) is 5.75 Å². The maximum atomic E-state index is 10.7. The van der Waals surface area contributed by atoms with E-state index in [1.54, 1.807) is 6.92 Å². The van der Waals surface area contributed by atoms with Crippen LogP contribution in [-0.4, -0.2) is 26.4 Å². The minimum atomic E-state index is -2.03. The summed E-state index contributed by atoms with van der Waals surface area (Å²) >= 11 is -2.03. The lowest BCUT2D eigenvalue weighted by Gasteiger charge is -2.07. The van der Waals surface area contributed by atoms with Gasteiger partial charge in [-0.25, -0.2) is 9.00 Å². The number of ether oxygens (including phenoxy) is 1. The van der Waals surface area contributed by atoms with E-state index in [0.717, 1.165) is 0 Å². The summed E-state index contributed by atoms with van der Waals surface area (Å²) in [7, 11) is 0. The van der Waals surface area contributed by atoms with Crippen molar-refractivity contribution in [1.29, 1.82) is 0 Å². The molecular weight excluding hydrogens is 220 g/mol. The number of hydrogen-bond donors (Lipinski definition) is 2. The van der Waals surface area contributed by atoms with Gasteiger partial charge in [0.15, 0.2) is 17.7 Å². The second kappa shape index (κ2) is 4.90.